The van der Waals surface area contributed by atoms with Crippen molar-refractivity contribution in [2.45, 2.75) is 25.7 Å². The van der Waals surface area contributed by atoms with Crippen LogP contribution in [0.3, 0.4) is 0 Å². The number of carboxylic acid groups (broad SMARTS) is 1. The minimum atomic E-state index is -1.05. The summed E-state index contributed by atoms with van der Waals surface area (Å²) in [6.45, 7) is 0.627. The molecule has 1 amide bonds. The number of benzene rings is 1. The zero-order chi connectivity index (χ0) is 18.9. The average Bonchev–Trinajstić information content (AvgIpc) is 2.87. The Bertz CT molecular complexity index is 767. The van der Waals surface area contributed by atoms with Crippen LogP contribution in [0.5, 0.6) is 5.75 Å². The fourth-order valence-corrected chi connectivity index (χ4v) is 3.70. The number of carbonyl (C=O) groups excluding carboxylic acids is 2. The largest absolute Gasteiger partial charge is 0.550 e. The van der Waals surface area contributed by atoms with Crippen molar-refractivity contribution >= 4 is 46.3 Å². The average molecular weight is 388 g/mol. The maximum absolute atomic E-state index is 12.6. The minimum absolute atomic E-state index is 0.0345. The van der Waals surface area contributed by atoms with E-state index in [1.54, 1.807) is 17.0 Å². The van der Waals surface area contributed by atoms with E-state index in [2.05, 4.69) is 5.92 Å². The van der Waals surface area contributed by atoms with E-state index in [-0.39, 0.29) is 18.9 Å². The van der Waals surface area contributed by atoms with Gasteiger partial charge in [-0.3, -0.25) is 9.69 Å². The third kappa shape index (κ3) is 5.61. The number of thioether (sulfide) groups is 1. The van der Waals surface area contributed by atoms with Gasteiger partial charge in [0.2, 0.25) is 0 Å². The van der Waals surface area contributed by atoms with Gasteiger partial charge in [0.05, 0.1) is 4.91 Å². The number of thiocarbonyl (C=S) groups is 1. The summed E-state index contributed by atoms with van der Waals surface area (Å²) in [5, 5.41) is 10.4. The molecule has 0 N–H and O–H groups in total. The Balaban J connectivity index is 2.01. The molecule has 7 heteroatoms. The molecular formula is C19H18NO4S2-. The third-order valence-electron chi connectivity index (χ3n) is 3.65. The fourth-order valence-electron chi connectivity index (χ4n) is 2.40. The van der Waals surface area contributed by atoms with Crippen molar-refractivity contribution in [1.29, 1.82) is 0 Å². The van der Waals surface area contributed by atoms with Crippen molar-refractivity contribution in [1.82, 2.24) is 4.90 Å². The molecule has 1 aromatic rings. The molecule has 0 radical (unpaired) electrons. The number of hydrogen-bond donors (Lipinski definition) is 0. The van der Waals surface area contributed by atoms with Gasteiger partial charge in [-0.15, -0.1) is 6.42 Å². The maximum atomic E-state index is 12.6. The predicted octanol–water partition coefficient (Wildman–Crippen LogP) is 2.21. The third-order valence-corrected chi connectivity index (χ3v) is 5.03. The number of ether oxygens (including phenoxy) is 1. The lowest BCUT2D eigenvalue weighted by molar-refractivity contribution is -0.305. The molecule has 136 valence electrons. The van der Waals surface area contributed by atoms with Crippen molar-refractivity contribution < 1.29 is 19.4 Å². The highest BCUT2D eigenvalue weighted by molar-refractivity contribution is 8.26. The van der Waals surface area contributed by atoms with E-state index in [0.717, 1.165) is 5.56 Å². The lowest BCUT2D eigenvalue weighted by Crippen LogP contribution is -2.29. The summed E-state index contributed by atoms with van der Waals surface area (Å²) in [7, 11) is 0. The normalized spacial score (nSPS) is 15.3. The Morgan fingerprint density at radius 3 is 2.85 bits per heavy atom. The smallest absolute Gasteiger partial charge is 0.266 e. The molecular weight excluding hydrogens is 370 g/mol. The van der Waals surface area contributed by atoms with Gasteiger partial charge in [0.15, 0.2) is 0 Å². The van der Waals surface area contributed by atoms with Gasteiger partial charge in [0.1, 0.15) is 16.7 Å². The molecule has 1 fully saturated rings. The topological polar surface area (TPSA) is 69.7 Å². The molecule has 1 aliphatic rings. The second-order valence-electron chi connectivity index (χ2n) is 5.55. The van der Waals surface area contributed by atoms with Crippen molar-refractivity contribution in [2.75, 3.05) is 13.2 Å². The van der Waals surface area contributed by atoms with Crippen LogP contribution in [0.1, 0.15) is 31.2 Å². The van der Waals surface area contributed by atoms with Crippen LogP contribution in [0.4, 0.5) is 0 Å². The van der Waals surface area contributed by atoms with Gasteiger partial charge in [0, 0.05) is 18.1 Å². The molecule has 26 heavy (non-hydrogen) atoms. The quantitative estimate of drug-likeness (QED) is 0.280. The lowest BCUT2D eigenvalue weighted by atomic mass is 10.1. The number of carboxylic acids is 1. The van der Waals surface area contributed by atoms with Crippen LogP contribution in [0.15, 0.2) is 29.2 Å². The monoisotopic (exact) mass is 388 g/mol. The number of rotatable bonds is 9. The Labute approximate surface area is 162 Å². The Morgan fingerprint density at radius 2 is 2.12 bits per heavy atom. The second kappa shape index (κ2) is 10.00. The predicted molar refractivity (Wildman–Crippen MR) is 104 cm³/mol. The summed E-state index contributed by atoms with van der Waals surface area (Å²) < 4.78 is 6.00. The first-order valence-corrected chi connectivity index (χ1v) is 9.36. The molecule has 2 rings (SSSR count). The van der Waals surface area contributed by atoms with Crippen LogP contribution in [0, 0.1) is 12.3 Å². The highest BCUT2D eigenvalue weighted by atomic mass is 32.2. The highest BCUT2D eigenvalue weighted by Crippen LogP contribution is 2.34. The summed E-state index contributed by atoms with van der Waals surface area (Å²) in [5.41, 5.74) is 0.761. The zero-order valence-corrected chi connectivity index (χ0v) is 15.7. The van der Waals surface area contributed by atoms with Crippen LogP contribution in [0.2, 0.25) is 0 Å². The van der Waals surface area contributed by atoms with E-state index in [4.69, 9.17) is 23.4 Å². The van der Waals surface area contributed by atoms with Gasteiger partial charge >= 0.3 is 0 Å². The Morgan fingerprint density at radius 1 is 1.35 bits per heavy atom. The standard InChI is InChI=1S/C19H19NO4S2/c1-2-12-24-15-9-6-5-8-14(15)13-16-18(23)20(19(25)26-16)11-7-3-4-10-17(21)22/h1,5-6,8-9,13H,3-4,7,10-12H2,(H,21,22)/p-1/b16-13+. The van der Waals surface area contributed by atoms with Crippen LogP contribution in [-0.2, 0) is 9.59 Å². The molecule has 1 saturated heterocycles. The summed E-state index contributed by atoms with van der Waals surface area (Å²) >= 11 is 6.55. The van der Waals surface area contributed by atoms with Crippen LogP contribution in [0.25, 0.3) is 6.08 Å². The number of aliphatic carboxylic acids is 1. The van der Waals surface area contributed by atoms with Crippen LogP contribution in [-0.4, -0.2) is 34.2 Å². The van der Waals surface area contributed by atoms with Gasteiger partial charge in [-0.25, -0.2) is 0 Å². The van der Waals surface area contributed by atoms with Crippen molar-refractivity contribution in [3.05, 3.63) is 34.7 Å². The summed E-state index contributed by atoms with van der Waals surface area (Å²) in [6, 6.07) is 7.33. The number of para-hydroxylation sites is 1. The number of amides is 1. The first-order valence-electron chi connectivity index (χ1n) is 8.13. The maximum Gasteiger partial charge on any atom is 0.266 e. The van der Waals surface area contributed by atoms with Crippen molar-refractivity contribution in [2.24, 2.45) is 0 Å². The van der Waals surface area contributed by atoms with E-state index in [1.807, 2.05) is 18.2 Å². The first-order chi connectivity index (χ1) is 12.5. The van der Waals surface area contributed by atoms with E-state index < -0.39 is 5.97 Å². The van der Waals surface area contributed by atoms with Crippen molar-refractivity contribution in [3.63, 3.8) is 0 Å². The molecule has 1 aromatic carbocycles. The minimum Gasteiger partial charge on any atom is -0.550 e. The first kappa shape index (κ1) is 20.0. The molecule has 0 aromatic heterocycles. The SMILES string of the molecule is C#CCOc1ccccc1/C=C1/SC(=S)N(CCCCCC(=O)[O-])C1=O. The molecule has 0 unspecified atom stereocenters. The van der Waals surface area contributed by atoms with Gasteiger partial charge in [-0.1, -0.05) is 54.5 Å². The van der Waals surface area contributed by atoms with E-state index in [0.29, 0.717) is 40.8 Å². The highest BCUT2D eigenvalue weighted by Gasteiger charge is 2.31. The van der Waals surface area contributed by atoms with E-state index in [9.17, 15) is 14.7 Å². The number of unbranched alkanes of at least 4 members (excludes halogenated alkanes) is 2. The number of carbonyl (C=O) groups is 2. The Kier molecular flexibility index (Phi) is 7.70. The molecule has 5 nitrogen and oxygen atoms in total. The zero-order valence-electron chi connectivity index (χ0n) is 14.1. The molecule has 0 saturated carbocycles. The van der Waals surface area contributed by atoms with Crippen molar-refractivity contribution in [3.8, 4) is 18.1 Å². The fraction of sp³-hybridized carbons (Fsp3) is 0.316. The van der Waals surface area contributed by atoms with Gasteiger partial charge < -0.3 is 14.6 Å². The molecule has 0 spiro atoms. The molecule has 1 aliphatic heterocycles. The molecule has 1 heterocycles. The number of nitrogens with zero attached hydrogens (tertiary/aromatic N) is 1. The summed E-state index contributed by atoms with van der Waals surface area (Å²) in [5.74, 6) is 1.83. The van der Waals surface area contributed by atoms with Crippen LogP contribution >= 0.6 is 24.0 Å². The van der Waals surface area contributed by atoms with Gasteiger partial charge in [-0.05, 0) is 31.4 Å². The van der Waals surface area contributed by atoms with E-state index in [1.165, 1.54) is 11.8 Å². The Hall–Kier alpha value is -2.30. The van der Waals surface area contributed by atoms with Gasteiger partial charge in [-0.2, -0.15) is 0 Å². The van der Waals surface area contributed by atoms with Crippen LogP contribution < -0.4 is 9.84 Å². The molecule has 0 aliphatic carbocycles. The van der Waals surface area contributed by atoms with E-state index >= 15 is 0 Å². The number of terminal acetylenes is 1. The number of hydrogen-bond acceptors (Lipinski definition) is 6. The lowest BCUT2D eigenvalue weighted by Gasteiger charge is -2.14. The second-order valence-corrected chi connectivity index (χ2v) is 7.22. The molecule has 0 bridgehead atoms. The molecule has 0 atom stereocenters. The van der Waals surface area contributed by atoms with Gasteiger partial charge in [0.25, 0.3) is 5.91 Å². The summed E-state index contributed by atoms with van der Waals surface area (Å²) in [4.78, 5) is 25.1. The summed E-state index contributed by atoms with van der Waals surface area (Å²) in [6.07, 6.45) is 8.94.